The summed E-state index contributed by atoms with van der Waals surface area (Å²) in [5.41, 5.74) is 3.59. The van der Waals surface area contributed by atoms with Crippen LogP contribution in [0.15, 0.2) is 82.5 Å². The molecule has 0 saturated carbocycles. The molecular formula is C22H20N4O6. The molecule has 2 aromatic carbocycles. The number of nitrogens with zero attached hydrogens (tertiary/aromatic N) is 2. The quantitative estimate of drug-likeness (QED) is 0.300. The van der Waals surface area contributed by atoms with Gasteiger partial charge in [-0.25, -0.2) is 10.2 Å². The number of amides is 2. The monoisotopic (exact) mass is 436 g/mol. The maximum Gasteiger partial charge on any atom is 0.408 e. The van der Waals surface area contributed by atoms with Gasteiger partial charge in [0.25, 0.3) is 5.91 Å². The molecule has 3 rings (SSSR count). The van der Waals surface area contributed by atoms with E-state index in [-0.39, 0.29) is 24.5 Å². The number of ether oxygens (including phenoxy) is 1. The van der Waals surface area contributed by atoms with E-state index >= 15 is 0 Å². The first-order valence-electron chi connectivity index (χ1n) is 9.59. The summed E-state index contributed by atoms with van der Waals surface area (Å²) in [6, 6.07) is 18.4. The second kappa shape index (κ2) is 11.1. The smallest absolute Gasteiger partial charge is 0.408 e. The van der Waals surface area contributed by atoms with Crippen molar-refractivity contribution in [3.05, 3.63) is 100.0 Å². The molecule has 0 aliphatic carbocycles. The number of rotatable bonds is 9. The Bertz CT molecular complexity index is 1080. The van der Waals surface area contributed by atoms with Crippen molar-refractivity contribution >= 4 is 23.9 Å². The van der Waals surface area contributed by atoms with Gasteiger partial charge in [-0.2, -0.15) is 5.10 Å². The van der Waals surface area contributed by atoms with Crippen LogP contribution in [0.4, 0.5) is 10.5 Å². The molecule has 1 atom stereocenters. The van der Waals surface area contributed by atoms with Gasteiger partial charge in [0.1, 0.15) is 12.6 Å². The highest BCUT2D eigenvalue weighted by molar-refractivity contribution is 5.88. The lowest BCUT2D eigenvalue weighted by Gasteiger charge is -2.17. The van der Waals surface area contributed by atoms with Gasteiger partial charge in [0.2, 0.25) is 5.76 Å². The average molecular weight is 436 g/mol. The molecule has 0 bridgehead atoms. The van der Waals surface area contributed by atoms with Gasteiger partial charge in [-0.05, 0) is 11.1 Å². The maximum atomic E-state index is 12.6. The zero-order valence-electron chi connectivity index (χ0n) is 16.8. The molecule has 1 aromatic heterocycles. The minimum atomic E-state index is -0.996. The molecular weight excluding hydrogens is 416 g/mol. The molecule has 10 heteroatoms. The van der Waals surface area contributed by atoms with Crippen LogP contribution in [0.2, 0.25) is 0 Å². The van der Waals surface area contributed by atoms with Gasteiger partial charge < -0.3 is 14.5 Å². The largest absolute Gasteiger partial charge is 0.456 e. The summed E-state index contributed by atoms with van der Waals surface area (Å²) in [4.78, 5) is 35.2. The first kappa shape index (κ1) is 22.2. The van der Waals surface area contributed by atoms with E-state index in [0.717, 1.165) is 23.6 Å². The van der Waals surface area contributed by atoms with Crippen molar-refractivity contribution in [3.8, 4) is 0 Å². The van der Waals surface area contributed by atoms with Gasteiger partial charge in [-0.15, -0.1) is 0 Å². The summed E-state index contributed by atoms with van der Waals surface area (Å²) >= 11 is 0. The SMILES string of the molecule is O=C(NC(Cc1ccccc1)C(=O)N/N=C/c1occc1[N+](=O)[O-])OCc1ccccc1. The van der Waals surface area contributed by atoms with E-state index in [9.17, 15) is 19.7 Å². The third kappa shape index (κ3) is 6.52. The molecule has 164 valence electrons. The Morgan fingerprint density at radius 2 is 1.72 bits per heavy atom. The number of furan rings is 1. The lowest BCUT2D eigenvalue weighted by atomic mass is 10.1. The molecule has 1 heterocycles. The van der Waals surface area contributed by atoms with Gasteiger partial charge in [-0.3, -0.25) is 14.9 Å². The standard InChI is InChI=1S/C22H20N4O6/c27-21(25-23-14-20-19(26(29)30)11-12-31-20)18(13-16-7-3-1-4-8-16)24-22(28)32-15-17-9-5-2-6-10-17/h1-12,14,18H,13,15H2,(H,24,28)(H,25,27)/b23-14+. The zero-order chi connectivity index (χ0) is 22.8. The Morgan fingerprint density at radius 1 is 1.06 bits per heavy atom. The highest BCUT2D eigenvalue weighted by Crippen LogP contribution is 2.16. The van der Waals surface area contributed by atoms with E-state index in [1.54, 1.807) is 0 Å². The molecule has 0 fully saturated rings. The van der Waals surface area contributed by atoms with Crippen LogP contribution in [0, 0.1) is 10.1 Å². The second-order valence-electron chi connectivity index (χ2n) is 6.61. The molecule has 0 aliphatic rings. The van der Waals surface area contributed by atoms with Gasteiger partial charge >= 0.3 is 11.8 Å². The molecule has 10 nitrogen and oxygen atoms in total. The van der Waals surface area contributed by atoms with Crippen LogP contribution in [0.1, 0.15) is 16.9 Å². The third-order valence-corrected chi connectivity index (χ3v) is 4.33. The Kier molecular flexibility index (Phi) is 7.68. The summed E-state index contributed by atoms with van der Waals surface area (Å²) < 4.78 is 10.2. The van der Waals surface area contributed by atoms with E-state index in [1.165, 1.54) is 6.07 Å². The fourth-order valence-corrected chi connectivity index (χ4v) is 2.76. The van der Waals surface area contributed by atoms with Crippen molar-refractivity contribution in [2.45, 2.75) is 19.1 Å². The summed E-state index contributed by atoms with van der Waals surface area (Å²) in [6.45, 7) is 0.0483. The Hall–Kier alpha value is -4.47. The lowest BCUT2D eigenvalue weighted by molar-refractivity contribution is -0.385. The molecule has 0 radical (unpaired) electrons. The van der Waals surface area contributed by atoms with E-state index in [0.29, 0.717) is 0 Å². The molecule has 0 spiro atoms. The number of nitro groups is 1. The Balaban J connectivity index is 1.63. The van der Waals surface area contributed by atoms with Crippen molar-refractivity contribution in [3.63, 3.8) is 0 Å². The van der Waals surface area contributed by atoms with Crippen LogP contribution in [-0.2, 0) is 22.6 Å². The van der Waals surface area contributed by atoms with Crippen molar-refractivity contribution in [2.24, 2.45) is 5.10 Å². The number of hydrazone groups is 1. The van der Waals surface area contributed by atoms with E-state index in [4.69, 9.17) is 9.15 Å². The maximum absolute atomic E-state index is 12.6. The number of carbonyl (C=O) groups is 2. The molecule has 32 heavy (non-hydrogen) atoms. The fourth-order valence-electron chi connectivity index (χ4n) is 2.76. The predicted octanol–water partition coefficient (Wildman–Crippen LogP) is 3.18. The second-order valence-corrected chi connectivity index (χ2v) is 6.61. The van der Waals surface area contributed by atoms with Gasteiger partial charge in [0.05, 0.1) is 23.5 Å². The number of alkyl carbamates (subject to hydrolysis) is 1. The predicted molar refractivity (Wildman–Crippen MR) is 115 cm³/mol. The number of carbonyl (C=O) groups excluding carboxylic acids is 2. The highest BCUT2D eigenvalue weighted by atomic mass is 16.6. The lowest BCUT2D eigenvalue weighted by Crippen LogP contribution is -2.47. The number of hydrogen-bond donors (Lipinski definition) is 2. The number of benzene rings is 2. The van der Waals surface area contributed by atoms with Crippen molar-refractivity contribution in [1.82, 2.24) is 10.7 Å². The van der Waals surface area contributed by atoms with Crippen molar-refractivity contribution < 1.29 is 23.7 Å². The number of hydrogen-bond acceptors (Lipinski definition) is 7. The molecule has 0 aliphatic heterocycles. The van der Waals surface area contributed by atoms with Crippen molar-refractivity contribution in [1.29, 1.82) is 0 Å². The Labute approximate surface area is 183 Å². The average Bonchev–Trinajstić information content (AvgIpc) is 3.27. The molecule has 2 amide bonds. The van der Waals surface area contributed by atoms with Crippen molar-refractivity contribution in [2.75, 3.05) is 0 Å². The van der Waals surface area contributed by atoms with Crippen LogP contribution < -0.4 is 10.7 Å². The van der Waals surface area contributed by atoms with E-state index < -0.39 is 23.0 Å². The van der Waals surface area contributed by atoms with Crippen LogP contribution >= 0.6 is 0 Å². The van der Waals surface area contributed by atoms with Crippen LogP contribution in [-0.4, -0.2) is 29.2 Å². The number of nitrogens with one attached hydrogen (secondary N) is 2. The van der Waals surface area contributed by atoms with E-state index in [1.807, 2.05) is 60.7 Å². The van der Waals surface area contributed by atoms with E-state index in [2.05, 4.69) is 15.8 Å². The normalized spacial score (nSPS) is 11.6. The third-order valence-electron chi connectivity index (χ3n) is 4.33. The summed E-state index contributed by atoms with van der Waals surface area (Å²) in [7, 11) is 0. The van der Waals surface area contributed by atoms with Gasteiger partial charge in [0, 0.05) is 6.42 Å². The Morgan fingerprint density at radius 3 is 2.38 bits per heavy atom. The zero-order valence-corrected chi connectivity index (χ0v) is 16.8. The highest BCUT2D eigenvalue weighted by Gasteiger charge is 2.22. The van der Waals surface area contributed by atoms with Crippen LogP contribution in [0.25, 0.3) is 0 Å². The summed E-state index contributed by atoms with van der Waals surface area (Å²) in [6.07, 6.45) is 1.58. The molecule has 0 saturated heterocycles. The topological polar surface area (TPSA) is 136 Å². The van der Waals surface area contributed by atoms with Gasteiger partial charge in [-0.1, -0.05) is 60.7 Å². The first-order chi connectivity index (χ1) is 15.5. The molecule has 1 unspecified atom stereocenters. The molecule has 3 aromatic rings. The van der Waals surface area contributed by atoms with Crippen LogP contribution in [0.3, 0.4) is 0 Å². The minimum Gasteiger partial charge on any atom is -0.456 e. The summed E-state index contributed by atoms with van der Waals surface area (Å²) in [5.74, 6) is -0.749. The summed E-state index contributed by atoms with van der Waals surface area (Å²) in [5, 5.41) is 17.1. The minimum absolute atomic E-state index is 0.0483. The molecule has 2 N–H and O–H groups in total. The van der Waals surface area contributed by atoms with Crippen LogP contribution in [0.5, 0.6) is 0 Å². The van der Waals surface area contributed by atoms with Gasteiger partial charge in [0.15, 0.2) is 0 Å². The first-order valence-corrected chi connectivity index (χ1v) is 9.59. The fraction of sp³-hybridized carbons (Fsp3) is 0.136.